The lowest BCUT2D eigenvalue weighted by atomic mass is 10.0. The Kier molecular flexibility index (Phi) is 5.03. The van der Waals surface area contributed by atoms with E-state index in [1.54, 1.807) is 0 Å². The zero-order chi connectivity index (χ0) is 19.0. The Bertz CT molecular complexity index is 825. The molecule has 3 aliphatic rings. The van der Waals surface area contributed by atoms with E-state index < -0.39 is 9.84 Å². The van der Waals surface area contributed by atoms with Crippen molar-refractivity contribution in [2.24, 2.45) is 0 Å². The molecule has 0 bridgehead atoms. The van der Waals surface area contributed by atoms with E-state index in [9.17, 15) is 13.2 Å². The van der Waals surface area contributed by atoms with E-state index in [1.807, 2.05) is 35.0 Å². The number of fused-ring (bicyclic) bond motifs is 1. The number of carbonyl (C=O) groups is 1. The summed E-state index contributed by atoms with van der Waals surface area (Å²) in [4.78, 5) is 16.7. The molecule has 3 aliphatic heterocycles. The highest BCUT2D eigenvalue weighted by Crippen LogP contribution is 2.38. The highest BCUT2D eigenvalue weighted by Gasteiger charge is 2.35. The van der Waals surface area contributed by atoms with Crippen LogP contribution in [0.2, 0.25) is 0 Å². The lowest BCUT2D eigenvalue weighted by Crippen LogP contribution is -2.43. The quantitative estimate of drug-likeness (QED) is 0.765. The van der Waals surface area contributed by atoms with Gasteiger partial charge in [-0.3, -0.25) is 9.69 Å². The number of likely N-dealkylation sites (N-methyl/N-ethyl adjacent to an activating group) is 1. The first-order valence-corrected chi connectivity index (χ1v) is 11.3. The van der Waals surface area contributed by atoms with Crippen molar-refractivity contribution < 1.29 is 22.7 Å². The topological polar surface area (TPSA) is 76.2 Å². The average Bonchev–Trinajstić information content (AvgIpc) is 3.27. The molecule has 2 saturated heterocycles. The number of rotatable bonds is 4. The fraction of sp³-hybridized carbons (Fsp3) is 0.632. The molecule has 0 N–H and O–H groups in total. The Balaban J connectivity index is 1.44. The van der Waals surface area contributed by atoms with E-state index >= 15 is 0 Å². The Labute approximate surface area is 160 Å². The molecule has 3 heterocycles. The minimum absolute atomic E-state index is 0.0361. The Morgan fingerprint density at radius 3 is 2.74 bits per heavy atom. The highest BCUT2D eigenvalue weighted by atomic mass is 32.2. The van der Waals surface area contributed by atoms with Crippen LogP contribution in [0, 0.1) is 0 Å². The molecule has 2 atom stereocenters. The van der Waals surface area contributed by atoms with Gasteiger partial charge < -0.3 is 14.4 Å². The lowest BCUT2D eigenvalue weighted by molar-refractivity contribution is -0.133. The zero-order valence-electron chi connectivity index (χ0n) is 15.6. The number of sulfone groups is 1. The molecular weight excluding hydrogens is 368 g/mol. The summed E-state index contributed by atoms with van der Waals surface area (Å²) >= 11 is 0. The molecule has 1 aromatic rings. The Morgan fingerprint density at radius 1 is 1.22 bits per heavy atom. The van der Waals surface area contributed by atoms with Crippen molar-refractivity contribution in [3.05, 3.63) is 23.8 Å². The molecule has 8 heteroatoms. The lowest BCUT2D eigenvalue weighted by Gasteiger charge is -2.30. The predicted octanol–water partition coefficient (Wildman–Crippen LogP) is 1.24. The molecule has 1 amide bonds. The molecule has 0 aliphatic carbocycles. The summed E-state index contributed by atoms with van der Waals surface area (Å²) in [5.74, 6) is 1.93. The number of likely N-dealkylation sites (tertiary alicyclic amines) is 1. The molecule has 1 aromatic carbocycles. The van der Waals surface area contributed by atoms with Crippen molar-refractivity contribution in [2.75, 3.05) is 44.9 Å². The van der Waals surface area contributed by atoms with Gasteiger partial charge in [-0.1, -0.05) is 6.07 Å². The van der Waals surface area contributed by atoms with Gasteiger partial charge in [0.15, 0.2) is 21.3 Å². The van der Waals surface area contributed by atoms with Crippen LogP contribution in [0.3, 0.4) is 0 Å². The molecule has 0 unspecified atom stereocenters. The highest BCUT2D eigenvalue weighted by molar-refractivity contribution is 7.91. The minimum Gasteiger partial charge on any atom is -0.486 e. The van der Waals surface area contributed by atoms with Crippen molar-refractivity contribution >= 4 is 15.7 Å². The van der Waals surface area contributed by atoms with E-state index in [4.69, 9.17) is 9.47 Å². The van der Waals surface area contributed by atoms with Gasteiger partial charge in [0.05, 0.1) is 24.1 Å². The molecule has 0 spiro atoms. The Hall–Kier alpha value is -1.80. The summed E-state index contributed by atoms with van der Waals surface area (Å²) in [6.45, 7) is 2.08. The van der Waals surface area contributed by atoms with E-state index in [1.165, 1.54) is 0 Å². The fourth-order valence-corrected chi connectivity index (χ4v) is 6.04. The van der Waals surface area contributed by atoms with Crippen LogP contribution in [0.25, 0.3) is 0 Å². The fourth-order valence-electron chi connectivity index (χ4n) is 4.24. The zero-order valence-corrected chi connectivity index (χ0v) is 16.4. The largest absolute Gasteiger partial charge is 0.486 e. The molecule has 148 valence electrons. The van der Waals surface area contributed by atoms with Crippen LogP contribution in [0.4, 0.5) is 0 Å². The summed E-state index contributed by atoms with van der Waals surface area (Å²) in [6, 6.07) is 5.89. The minimum atomic E-state index is -2.95. The summed E-state index contributed by atoms with van der Waals surface area (Å²) in [7, 11) is -1.10. The first-order valence-electron chi connectivity index (χ1n) is 9.53. The molecule has 27 heavy (non-hydrogen) atoms. The number of benzene rings is 1. The average molecular weight is 394 g/mol. The van der Waals surface area contributed by atoms with Crippen LogP contribution in [0.1, 0.15) is 30.9 Å². The second kappa shape index (κ2) is 7.31. The van der Waals surface area contributed by atoms with Gasteiger partial charge in [-0.25, -0.2) is 8.42 Å². The van der Waals surface area contributed by atoms with Gasteiger partial charge in [-0.15, -0.1) is 0 Å². The summed E-state index contributed by atoms with van der Waals surface area (Å²) in [5, 5.41) is 0. The van der Waals surface area contributed by atoms with Crippen LogP contribution in [0.15, 0.2) is 18.2 Å². The maximum absolute atomic E-state index is 12.9. The number of hydrogen-bond acceptors (Lipinski definition) is 6. The Morgan fingerprint density at radius 2 is 2.00 bits per heavy atom. The standard InChI is InChI=1S/C19H26N2O5S/c1-20(15-6-10-27(23,24)13-15)12-19(22)21-7-2-3-16(21)14-4-5-17-18(11-14)26-9-8-25-17/h4-5,11,15-16H,2-3,6-10,12-13H2,1H3/t15-,16-/m0/s1. The van der Waals surface area contributed by atoms with Gasteiger partial charge >= 0.3 is 0 Å². The van der Waals surface area contributed by atoms with Crippen LogP contribution < -0.4 is 9.47 Å². The van der Waals surface area contributed by atoms with Crippen LogP contribution >= 0.6 is 0 Å². The number of ether oxygens (including phenoxy) is 2. The van der Waals surface area contributed by atoms with E-state index in [0.717, 1.165) is 36.4 Å². The summed E-state index contributed by atoms with van der Waals surface area (Å²) in [6.07, 6.45) is 2.50. The number of amides is 1. The van der Waals surface area contributed by atoms with E-state index in [-0.39, 0.29) is 36.0 Å². The SMILES string of the molecule is CN(CC(=O)N1CCC[C@H]1c1ccc2c(c1)OCCO2)[C@H]1CCS(=O)(=O)C1. The van der Waals surface area contributed by atoms with Crippen molar-refractivity contribution in [2.45, 2.75) is 31.3 Å². The molecule has 0 aromatic heterocycles. The van der Waals surface area contributed by atoms with Gasteiger partial charge in [0.25, 0.3) is 0 Å². The molecule has 4 rings (SSSR count). The van der Waals surface area contributed by atoms with E-state index in [2.05, 4.69) is 0 Å². The monoisotopic (exact) mass is 394 g/mol. The number of carbonyl (C=O) groups excluding carboxylic acids is 1. The molecular formula is C19H26N2O5S. The van der Waals surface area contributed by atoms with Crippen LogP contribution in [-0.4, -0.2) is 75.0 Å². The number of nitrogens with zero attached hydrogens (tertiary/aromatic N) is 2. The van der Waals surface area contributed by atoms with Gasteiger partial charge in [0, 0.05) is 12.6 Å². The van der Waals surface area contributed by atoms with Gasteiger partial charge in [0.1, 0.15) is 13.2 Å². The van der Waals surface area contributed by atoms with Crippen molar-refractivity contribution in [1.82, 2.24) is 9.80 Å². The normalized spacial score (nSPS) is 26.5. The van der Waals surface area contributed by atoms with Gasteiger partial charge in [-0.2, -0.15) is 0 Å². The second-order valence-corrected chi connectivity index (χ2v) is 9.85. The number of hydrogen-bond donors (Lipinski definition) is 0. The van der Waals surface area contributed by atoms with Crippen LogP contribution in [0.5, 0.6) is 11.5 Å². The molecule has 7 nitrogen and oxygen atoms in total. The third-order valence-electron chi connectivity index (χ3n) is 5.74. The summed E-state index contributed by atoms with van der Waals surface area (Å²) in [5.41, 5.74) is 1.07. The predicted molar refractivity (Wildman–Crippen MR) is 101 cm³/mol. The van der Waals surface area contributed by atoms with E-state index in [0.29, 0.717) is 19.6 Å². The summed E-state index contributed by atoms with van der Waals surface area (Å²) < 4.78 is 34.7. The van der Waals surface area contributed by atoms with Gasteiger partial charge in [0.2, 0.25) is 5.91 Å². The maximum Gasteiger partial charge on any atom is 0.237 e. The smallest absolute Gasteiger partial charge is 0.237 e. The second-order valence-electron chi connectivity index (χ2n) is 7.62. The molecule has 0 radical (unpaired) electrons. The molecule has 0 saturated carbocycles. The third-order valence-corrected chi connectivity index (χ3v) is 7.49. The third kappa shape index (κ3) is 3.91. The molecule has 2 fully saturated rings. The van der Waals surface area contributed by atoms with Crippen molar-refractivity contribution in [3.8, 4) is 11.5 Å². The maximum atomic E-state index is 12.9. The van der Waals surface area contributed by atoms with Crippen molar-refractivity contribution in [3.63, 3.8) is 0 Å². The first-order chi connectivity index (χ1) is 12.9. The van der Waals surface area contributed by atoms with Crippen molar-refractivity contribution in [1.29, 1.82) is 0 Å². The van der Waals surface area contributed by atoms with Crippen LogP contribution in [-0.2, 0) is 14.6 Å². The first kappa shape index (κ1) is 18.6. The van der Waals surface area contributed by atoms with Gasteiger partial charge in [-0.05, 0) is 44.0 Å².